The molecule has 0 aliphatic heterocycles. The van der Waals surface area contributed by atoms with E-state index in [0.29, 0.717) is 17.3 Å². The monoisotopic (exact) mass is 315 g/mol. The van der Waals surface area contributed by atoms with Crippen molar-refractivity contribution in [3.05, 3.63) is 79.1 Å². The van der Waals surface area contributed by atoms with Crippen molar-refractivity contribution >= 4 is 28.6 Å². The number of fused-ring (bicyclic) bond motifs is 1. The summed E-state index contributed by atoms with van der Waals surface area (Å²) in [7, 11) is 0. The number of hydrogen-bond acceptors (Lipinski definition) is 5. The molecule has 0 saturated heterocycles. The lowest BCUT2D eigenvalue weighted by molar-refractivity contribution is 1.15. The molecule has 0 fully saturated rings. The van der Waals surface area contributed by atoms with Crippen molar-refractivity contribution in [2.24, 2.45) is 0 Å². The lowest BCUT2D eigenvalue weighted by Gasteiger charge is -2.09. The van der Waals surface area contributed by atoms with Gasteiger partial charge in [-0.05, 0) is 37.3 Å². The van der Waals surface area contributed by atoms with Gasteiger partial charge in [-0.15, -0.1) is 0 Å². The number of nitrogens with one attached hydrogen (secondary N) is 1. The number of rotatable bonds is 5. The standard InChI is InChI=1S/C19H17N5/c1-3-5-14(2)7-8-17-23-18-16(6-4-11-21-18)19(24-17)22-15-9-12-20-13-10-15/h3-13H,1H2,2H3,(H,20,21,22,23,24)/b8-7+,14-5-. The van der Waals surface area contributed by atoms with Crippen LogP contribution in [0.25, 0.3) is 17.1 Å². The van der Waals surface area contributed by atoms with Crippen molar-refractivity contribution in [3.63, 3.8) is 0 Å². The van der Waals surface area contributed by atoms with E-state index in [1.54, 1.807) is 24.7 Å². The maximum absolute atomic E-state index is 4.61. The van der Waals surface area contributed by atoms with Crippen LogP contribution in [0.1, 0.15) is 12.7 Å². The van der Waals surface area contributed by atoms with Crippen LogP contribution < -0.4 is 5.32 Å². The van der Waals surface area contributed by atoms with E-state index in [0.717, 1.165) is 16.6 Å². The van der Waals surface area contributed by atoms with Gasteiger partial charge in [-0.1, -0.05) is 30.4 Å². The zero-order valence-corrected chi connectivity index (χ0v) is 13.3. The zero-order valence-electron chi connectivity index (χ0n) is 13.3. The molecule has 5 nitrogen and oxygen atoms in total. The summed E-state index contributed by atoms with van der Waals surface area (Å²) in [5.41, 5.74) is 2.62. The Balaban J connectivity index is 2.03. The smallest absolute Gasteiger partial charge is 0.165 e. The predicted octanol–water partition coefficient (Wildman–Crippen LogP) is 4.31. The van der Waals surface area contributed by atoms with Gasteiger partial charge in [0, 0.05) is 24.3 Å². The van der Waals surface area contributed by atoms with Gasteiger partial charge in [-0.3, -0.25) is 4.98 Å². The number of pyridine rings is 2. The van der Waals surface area contributed by atoms with Crippen molar-refractivity contribution < 1.29 is 0 Å². The van der Waals surface area contributed by atoms with Crippen LogP contribution in [0.2, 0.25) is 0 Å². The van der Waals surface area contributed by atoms with E-state index in [1.165, 1.54) is 0 Å². The molecule has 118 valence electrons. The fraction of sp³-hybridized carbons (Fsp3) is 0.0526. The Labute approximate surface area is 140 Å². The van der Waals surface area contributed by atoms with Gasteiger partial charge in [0.1, 0.15) is 5.82 Å². The van der Waals surface area contributed by atoms with Gasteiger partial charge in [0.05, 0.1) is 5.39 Å². The average molecular weight is 315 g/mol. The van der Waals surface area contributed by atoms with Crippen LogP contribution in [0.3, 0.4) is 0 Å². The van der Waals surface area contributed by atoms with Crippen LogP contribution in [0.5, 0.6) is 0 Å². The summed E-state index contributed by atoms with van der Waals surface area (Å²) in [5, 5.41) is 4.17. The number of allylic oxidation sites excluding steroid dienone is 4. The number of nitrogens with zero attached hydrogens (tertiary/aromatic N) is 4. The predicted molar refractivity (Wildman–Crippen MR) is 97.8 cm³/mol. The largest absolute Gasteiger partial charge is 0.339 e. The second-order valence-corrected chi connectivity index (χ2v) is 5.15. The first-order valence-electron chi connectivity index (χ1n) is 7.53. The SMILES string of the molecule is C=C/C=C(C)\C=C\c1nc(Nc2ccncc2)c2cccnc2n1. The summed E-state index contributed by atoms with van der Waals surface area (Å²) in [6.45, 7) is 5.68. The van der Waals surface area contributed by atoms with Crippen LogP contribution >= 0.6 is 0 Å². The third-order valence-corrected chi connectivity index (χ3v) is 3.31. The summed E-state index contributed by atoms with van der Waals surface area (Å²) < 4.78 is 0. The molecule has 0 atom stereocenters. The molecule has 1 N–H and O–H groups in total. The van der Waals surface area contributed by atoms with E-state index in [-0.39, 0.29) is 0 Å². The summed E-state index contributed by atoms with van der Waals surface area (Å²) in [6.07, 6.45) is 12.7. The van der Waals surface area contributed by atoms with E-state index < -0.39 is 0 Å². The van der Waals surface area contributed by atoms with E-state index in [2.05, 4.69) is 31.8 Å². The molecule has 5 heteroatoms. The summed E-state index contributed by atoms with van der Waals surface area (Å²) in [5.74, 6) is 1.30. The van der Waals surface area contributed by atoms with Crippen molar-refractivity contribution in [1.29, 1.82) is 0 Å². The van der Waals surface area contributed by atoms with Gasteiger partial charge in [0.2, 0.25) is 0 Å². The summed E-state index contributed by atoms with van der Waals surface area (Å²) in [6, 6.07) is 7.59. The van der Waals surface area contributed by atoms with Crippen molar-refractivity contribution in [2.45, 2.75) is 6.92 Å². The summed E-state index contributed by atoms with van der Waals surface area (Å²) >= 11 is 0. The molecule has 24 heavy (non-hydrogen) atoms. The Hall–Kier alpha value is -3.34. The second-order valence-electron chi connectivity index (χ2n) is 5.15. The van der Waals surface area contributed by atoms with Gasteiger partial charge >= 0.3 is 0 Å². The minimum atomic E-state index is 0.592. The highest BCUT2D eigenvalue weighted by Gasteiger charge is 2.07. The molecule has 0 amide bonds. The van der Waals surface area contributed by atoms with Crippen molar-refractivity contribution in [1.82, 2.24) is 19.9 Å². The average Bonchev–Trinajstić information content (AvgIpc) is 2.61. The number of aromatic nitrogens is 4. The van der Waals surface area contributed by atoms with Crippen LogP contribution in [0, 0.1) is 0 Å². The molecule has 0 unspecified atom stereocenters. The molecule has 0 bridgehead atoms. The minimum Gasteiger partial charge on any atom is -0.339 e. The van der Waals surface area contributed by atoms with Crippen molar-refractivity contribution in [3.8, 4) is 0 Å². The van der Waals surface area contributed by atoms with Crippen LogP contribution in [-0.2, 0) is 0 Å². The normalized spacial score (nSPS) is 11.8. The Morgan fingerprint density at radius 3 is 2.75 bits per heavy atom. The minimum absolute atomic E-state index is 0.592. The fourth-order valence-corrected chi connectivity index (χ4v) is 2.17. The third kappa shape index (κ3) is 3.70. The van der Waals surface area contributed by atoms with E-state index >= 15 is 0 Å². The molecule has 0 aliphatic rings. The van der Waals surface area contributed by atoms with Crippen LogP contribution in [-0.4, -0.2) is 19.9 Å². The Bertz CT molecular complexity index is 913. The van der Waals surface area contributed by atoms with E-state index in [1.807, 2.05) is 49.4 Å². The highest BCUT2D eigenvalue weighted by atomic mass is 15.1. The first-order valence-corrected chi connectivity index (χ1v) is 7.53. The first kappa shape index (κ1) is 15.6. The van der Waals surface area contributed by atoms with Gasteiger partial charge < -0.3 is 5.32 Å². The highest BCUT2D eigenvalue weighted by Crippen LogP contribution is 2.22. The van der Waals surface area contributed by atoms with E-state index in [4.69, 9.17) is 0 Å². The topological polar surface area (TPSA) is 63.6 Å². The lowest BCUT2D eigenvalue weighted by Crippen LogP contribution is -2.00. The van der Waals surface area contributed by atoms with E-state index in [9.17, 15) is 0 Å². The second kappa shape index (κ2) is 7.28. The molecular weight excluding hydrogens is 298 g/mol. The molecule has 0 radical (unpaired) electrons. The van der Waals surface area contributed by atoms with Crippen LogP contribution in [0.4, 0.5) is 11.5 Å². The number of anilines is 2. The quantitative estimate of drug-likeness (QED) is 0.711. The molecule has 0 aromatic carbocycles. The van der Waals surface area contributed by atoms with Gasteiger partial charge in [-0.25, -0.2) is 15.0 Å². The van der Waals surface area contributed by atoms with Gasteiger partial charge in [0.15, 0.2) is 11.5 Å². The molecule has 0 saturated carbocycles. The van der Waals surface area contributed by atoms with Gasteiger partial charge in [0.25, 0.3) is 0 Å². The zero-order chi connectivity index (χ0) is 16.8. The molecule has 3 aromatic heterocycles. The van der Waals surface area contributed by atoms with Gasteiger partial charge in [-0.2, -0.15) is 0 Å². The molecule has 3 rings (SSSR count). The lowest BCUT2D eigenvalue weighted by atomic mass is 10.2. The Morgan fingerprint density at radius 1 is 1.12 bits per heavy atom. The van der Waals surface area contributed by atoms with Crippen LogP contribution in [0.15, 0.2) is 73.2 Å². The Kier molecular flexibility index (Phi) is 4.72. The first-order chi connectivity index (χ1) is 11.8. The van der Waals surface area contributed by atoms with Crippen molar-refractivity contribution in [2.75, 3.05) is 5.32 Å². The maximum Gasteiger partial charge on any atom is 0.165 e. The molecule has 0 spiro atoms. The molecule has 3 heterocycles. The molecule has 0 aliphatic carbocycles. The Morgan fingerprint density at radius 2 is 1.96 bits per heavy atom. The third-order valence-electron chi connectivity index (χ3n) is 3.31. The summed E-state index contributed by atoms with van der Waals surface area (Å²) in [4.78, 5) is 17.5. The highest BCUT2D eigenvalue weighted by molar-refractivity contribution is 5.88. The molecule has 3 aromatic rings. The molecular formula is C19H17N5. The fourth-order valence-electron chi connectivity index (χ4n) is 2.17. The maximum atomic E-state index is 4.61. The number of hydrogen-bond donors (Lipinski definition) is 1.